The number of anilines is 3. The van der Waals surface area contributed by atoms with Crippen LogP contribution in [0.2, 0.25) is 0 Å². The molecule has 1 aliphatic rings. The third-order valence-corrected chi connectivity index (χ3v) is 11.3. The van der Waals surface area contributed by atoms with Crippen molar-refractivity contribution in [1.29, 1.82) is 0 Å². The van der Waals surface area contributed by atoms with Gasteiger partial charge in [0.05, 0.1) is 5.69 Å². The van der Waals surface area contributed by atoms with Crippen LogP contribution in [0.3, 0.4) is 0 Å². The molecular weight excluding hydrogens is 635 g/mol. The third-order valence-electron chi connectivity index (χ3n) is 11.3. The Morgan fingerprint density at radius 2 is 1.10 bits per heavy atom. The Morgan fingerprint density at radius 1 is 0.423 bits per heavy atom. The van der Waals surface area contributed by atoms with Crippen molar-refractivity contribution in [2.75, 3.05) is 4.90 Å². The van der Waals surface area contributed by atoms with Gasteiger partial charge in [0.2, 0.25) is 0 Å². The summed E-state index contributed by atoms with van der Waals surface area (Å²) in [6, 6.07) is 58.6. The van der Waals surface area contributed by atoms with Crippen LogP contribution in [-0.2, 0) is 5.41 Å². The van der Waals surface area contributed by atoms with Crippen molar-refractivity contribution < 1.29 is 8.83 Å². The largest absolute Gasteiger partial charge is 0.456 e. The maximum Gasteiger partial charge on any atom is 0.159 e. The Kier molecular flexibility index (Phi) is 6.01. The van der Waals surface area contributed by atoms with Crippen LogP contribution in [0.5, 0.6) is 0 Å². The van der Waals surface area contributed by atoms with Crippen LogP contribution in [0.4, 0.5) is 17.1 Å². The Hall–Kier alpha value is -6.58. The Bertz CT molecular complexity index is 3050. The van der Waals surface area contributed by atoms with Gasteiger partial charge in [-0.25, -0.2) is 0 Å². The first-order valence-corrected chi connectivity index (χ1v) is 17.9. The summed E-state index contributed by atoms with van der Waals surface area (Å²) in [6.07, 6.45) is 0. The van der Waals surface area contributed by atoms with Gasteiger partial charge < -0.3 is 13.7 Å². The number of hydrogen-bond donors (Lipinski definition) is 0. The highest BCUT2D eigenvalue weighted by Gasteiger charge is 2.36. The lowest BCUT2D eigenvalue weighted by atomic mass is 9.82. The lowest BCUT2D eigenvalue weighted by Crippen LogP contribution is -2.16. The van der Waals surface area contributed by atoms with Crippen LogP contribution in [0.15, 0.2) is 173 Å². The maximum absolute atomic E-state index is 6.69. The molecule has 0 bridgehead atoms. The molecule has 52 heavy (non-hydrogen) atoms. The van der Waals surface area contributed by atoms with Crippen LogP contribution >= 0.6 is 0 Å². The van der Waals surface area contributed by atoms with Gasteiger partial charge in [-0.15, -0.1) is 0 Å². The minimum Gasteiger partial charge on any atom is -0.456 e. The van der Waals surface area contributed by atoms with Gasteiger partial charge in [-0.3, -0.25) is 0 Å². The summed E-state index contributed by atoms with van der Waals surface area (Å²) in [6.45, 7) is 4.68. The Balaban J connectivity index is 1.18. The second-order valence-corrected chi connectivity index (χ2v) is 14.5. The highest BCUT2D eigenvalue weighted by atomic mass is 16.3. The normalized spacial score (nSPS) is 13.3. The molecule has 2 aromatic heterocycles. The van der Waals surface area contributed by atoms with E-state index in [1.165, 1.54) is 44.2 Å². The van der Waals surface area contributed by atoms with Crippen LogP contribution in [-0.4, -0.2) is 0 Å². The molecule has 10 aromatic rings. The smallest absolute Gasteiger partial charge is 0.159 e. The lowest BCUT2D eigenvalue weighted by molar-refractivity contribution is 0.660. The summed E-state index contributed by atoms with van der Waals surface area (Å²) in [5.74, 6) is 0. The van der Waals surface area contributed by atoms with E-state index in [2.05, 4.69) is 176 Å². The molecule has 0 aliphatic heterocycles. The quantitative estimate of drug-likeness (QED) is 0.187. The molecule has 0 radical (unpaired) electrons. The molecule has 0 amide bonds. The molecule has 3 nitrogen and oxygen atoms in total. The highest BCUT2D eigenvalue weighted by molar-refractivity contribution is 6.22. The van der Waals surface area contributed by atoms with Gasteiger partial charge in [0.15, 0.2) is 5.58 Å². The second kappa shape index (κ2) is 10.7. The summed E-state index contributed by atoms with van der Waals surface area (Å²) in [4.78, 5) is 2.36. The predicted octanol–water partition coefficient (Wildman–Crippen LogP) is 14.1. The molecule has 2 heterocycles. The highest BCUT2D eigenvalue weighted by Crippen LogP contribution is 2.52. The van der Waals surface area contributed by atoms with E-state index in [1.807, 2.05) is 6.07 Å². The molecule has 11 rings (SSSR count). The SMILES string of the molecule is CC1(C)c2ccccc2-c2ccc(N(c3ccc4oc5cc(-c6ccccc6)c6ccccc6c5c4c3)c3cccc4c3oc3ccccc34)cc21. The molecule has 8 aromatic carbocycles. The zero-order valence-electron chi connectivity index (χ0n) is 28.9. The fraction of sp³-hybridized carbons (Fsp3) is 0.0612. The fourth-order valence-electron chi connectivity index (χ4n) is 8.79. The van der Waals surface area contributed by atoms with Crippen LogP contribution < -0.4 is 4.90 Å². The van der Waals surface area contributed by atoms with E-state index in [0.717, 1.165) is 60.9 Å². The molecule has 1 aliphatic carbocycles. The lowest BCUT2D eigenvalue weighted by Gasteiger charge is -2.28. The molecule has 0 spiro atoms. The van der Waals surface area contributed by atoms with Crippen molar-refractivity contribution in [3.63, 3.8) is 0 Å². The van der Waals surface area contributed by atoms with Crippen molar-refractivity contribution in [3.8, 4) is 22.3 Å². The molecule has 0 saturated carbocycles. The number of rotatable bonds is 4. The van der Waals surface area contributed by atoms with E-state index in [1.54, 1.807) is 0 Å². The predicted molar refractivity (Wildman–Crippen MR) is 216 cm³/mol. The first-order chi connectivity index (χ1) is 25.5. The zero-order valence-corrected chi connectivity index (χ0v) is 28.9. The molecule has 0 saturated heterocycles. The number of fused-ring (bicyclic) bond motifs is 11. The van der Waals surface area contributed by atoms with Gasteiger partial charge >= 0.3 is 0 Å². The standard InChI is InChI=1S/C49H33NO2/c1-49(2)41-20-10-8-16-34(41)35-25-23-32(28-42(35)49)50(43-21-12-19-38-36-17-9-11-22-44(36)52-48(38)43)31-24-26-45-40(27-31)47-37-18-7-6-15-33(37)39(29-46(47)51-45)30-13-4-3-5-14-30/h3-29H,1-2H3. The number of furan rings is 2. The minimum absolute atomic E-state index is 0.140. The van der Waals surface area contributed by atoms with Crippen molar-refractivity contribution in [2.45, 2.75) is 19.3 Å². The molecule has 246 valence electrons. The summed E-state index contributed by atoms with van der Waals surface area (Å²) < 4.78 is 13.4. The first-order valence-electron chi connectivity index (χ1n) is 17.9. The first kappa shape index (κ1) is 29.2. The van der Waals surface area contributed by atoms with E-state index in [4.69, 9.17) is 8.83 Å². The van der Waals surface area contributed by atoms with E-state index in [0.29, 0.717) is 0 Å². The third kappa shape index (κ3) is 4.08. The van der Waals surface area contributed by atoms with E-state index in [-0.39, 0.29) is 5.41 Å². The van der Waals surface area contributed by atoms with E-state index < -0.39 is 0 Å². The van der Waals surface area contributed by atoms with Gasteiger partial charge in [-0.05, 0) is 92.7 Å². The average Bonchev–Trinajstić information content (AvgIpc) is 3.83. The van der Waals surface area contributed by atoms with Crippen molar-refractivity contribution >= 4 is 71.7 Å². The molecule has 0 N–H and O–H groups in total. The average molecular weight is 668 g/mol. The van der Waals surface area contributed by atoms with Gasteiger partial charge in [-0.2, -0.15) is 0 Å². The second-order valence-electron chi connectivity index (χ2n) is 14.5. The maximum atomic E-state index is 6.69. The van der Waals surface area contributed by atoms with Crippen molar-refractivity contribution in [1.82, 2.24) is 0 Å². The van der Waals surface area contributed by atoms with Gasteiger partial charge in [-0.1, -0.05) is 129 Å². The molecular formula is C49H33NO2. The van der Waals surface area contributed by atoms with Crippen LogP contribution in [0.1, 0.15) is 25.0 Å². The summed E-state index contributed by atoms with van der Waals surface area (Å²) >= 11 is 0. The summed E-state index contributed by atoms with van der Waals surface area (Å²) in [7, 11) is 0. The minimum atomic E-state index is -0.140. The van der Waals surface area contributed by atoms with E-state index >= 15 is 0 Å². The zero-order chi connectivity index (χ0) is 34.6. The van der Waals surface area contributed by atoms with Gasteiger partial charge in [0, 0.05) is 38.3 Å². The number of nitrogens with zero attached hydrogens (tertiary/aromatic N) is 1. The summed E-state index contributed by atoms with van der Waals surface area (Å²) in [5, 5.41) is 6.80. The van der Waals surface area contributed by atoms with Gasteiger partial charge in [0.1, 0.15) is 16.7 Å². The van der Waals surface area contributed by atoms with E-state index in [9.17, 15) is 0 Å². The molecule has 0 atom stereocenters. The van der Waals surface area contributed by atoms with Crippen LogP contribution in [0.25, 0.3) is 76.9 Å². The molecule has 0 unspecified atom stereocenters. The number of para-hydroxylation sites is 2. The Labute approximate surface area is 301 Å². The van der Waals surface area contributed by atoms with Gasteiger partial charge in [0.25, 0.3) is 0 Å². The Morgan fingerprint density at radius 3 is 1.98 bits per heavy atom. The van der Waals surface area contributed by atoms with Crippen molar-refractivity contribution in [2.24, 2.45) is 0 Å². The monoisotopic (exact) mass is 667 g/mol. The molecule has 0 fully saturated rings. The topological polar surface area (TPSA) is 29.5 Å². The summed E-state index contributed by atoms with van der Waals surface area (Å²) in [5.41, 5.74) is 14.1. The molecule has 3 heteroatoms. The number of hydrogen-bond acceptors (Lipinski definition) is 3. The van der Waals surface area contributed by atoms with Crippen LogP contribution in [0, 0.1) is 0 Å². The fourth-order valence-corrected chi connectivity index (χ4v) is 8.79. The van der Waals surface area contributed by atoms with Crippen molar-refractivity contribution in [3.05, 3.63) is 175 Å². The number of benzene rings is 8.